The number of nitrogens with zero attached hydrogens (tertiary/aromatic N) is 3. The molecule has 2 fully saturated rings. The summed E-state index contributed by atoms with van der Waals surface area (Å²) in [7, 11) is -1.56. The summed E-state index contributed by atoms with van der Waals surface area (Å²) in [4.78, 5) is 28.3. The molecule has 0 saturated carbocycles. The van der Waals surface area contributed by atoms with Crippen molar-refractivity contribution in [2.75, 3.05) is 46.4 Å². The number of sulfonamides is 1. The predicted molar refractivity (Wildman–Crippen MR) is 162 cm³/mol. The van der Waals surface area contributed by atoms with E-state index < -0.39 is 39.2 Å². The second-order valence-corrected chi connectivity index (χ2v) is 14.0. The Kier molecular flexibility index (Phi) is 10.1. The molecule has 2 aliphatic rings. The highest BCUT2D eigenvalue weighted by Gasteiger charge is 2.43. The summed E-state index contributed by atoms with van der Waals surface area (Å²) in [5.41, 5.74) is 0.643. The number of piperazine rings is 1. The number of nitriles is 1. The average molecular weight is 612 g/mol. The van der Waals surface area contributed by atoms with Crippen LogP contribution in [-0.4, -0.2) is 93.2 Å². The minimum atomic E-state index is -3.54. The first-order valence-corrected chi connectivity index (χ1v) is 15.9. The van der Waals surface area contributed by atoms with E-state index in [0.29, 0.717) is 39.4 Å². The van der Waals surface area contributed by atoms with E-state index in [0.717, 1.165) is 16.7 Å². The first-order valence-electron chi connectivity index (χ1n) is 14.5. The molecule has 0 bridgehead atoms. The minimum Gasteiger partial charge on any atom is -0.444 e. The molecule has 11 nitrogen and oxygen atoms in total. The Morgan fingerprint density at radius 3 is 2.09 bits per heavy atom. The average Bonchev–Trinajstić information content (AvgIpc) is 2.97. The maximum absolute atomic E-state index is 13.4. The van der Waals surface area contributed by atoms with Gasteiger partial charge in [-0.25, -0.2) is 13.2 Å². The number of nitrogens with one attached hydrogen (secondary N) is 2. The minimum absolute atomic E-state index is 0.264. The lowest BCUT2D eigenvalue weighted by Crippen LogP contribution is -2.63. The number of likely N-dealkylation sites (N-methyl/N-ethyl adjacent to an activating group) is 1. The van der Waals surface area contributed by atoms with Crippen LogP contribution in [0.25, 0.3) is 11.1 Å². The summed E-state index contributed by atoms with van der Waals surface area (Å²) in [6.07, 6.45) is 0.100. The third-order valence-electron chi connectivity index (χ3n) is 7.66. The van der Waals surface area contributed by atoms with Crippen LogP contribution < -0.4 is 10.6 Å². The van der Waals surface area contributed by atoms with E-state index in [9.17, 15) is 23.3 Å². The van der Waals surface area contributed by atoms with E-state index in [2.05, 4.69) is 21.6 Å². The van der Waals surface area contributed by atoms with E-state index in [1.165, 1.54) is 4.31 Å². The highest BCUT2D eigenvalue weighted by atomic mass is 32.2. The lowest BCUT2D eigenvalue weighted by atomic mass is 9.88. The number of carbonyl (C=O) groups is 2. The maximum atomic E-state index is 13.4. The van der Waals surface area contributed by atoms with Gasteiger partial charge >= 0.3 is 6.09 Å². The quantitative estimate of drug-likeness (QED) is 0.464. The fourth-order valence-electron chi connectivity index (χ4n) is 5.12. The Morgan fingerprint density at radius 2 is 1.56 bits per heavy atom. The van der Waals surface area contributed by atoms with Crippen molar-refractivity contribution < 1.29 is 27.5 Å². The van der Waals surface area contributed by atoms with E-state index in [1.807, 2.05) is 31.3 Å². The van der Waals surface area contributed by atoms with Crippen molar-refractivity contribution in [2.24, 2.45) is 0 Å². The molecule has 1 atom stereocenters. The Labute approximate surface area is 254 Å². The van der Waals surface area contributed by atoms with Gasteiger partial charge in [-0.15, -0.1) is 0 Å². The van der Waals surface area contributed by atoms with Crippen molar-refractivity contribution in [3.8, 4) is 17.2 Å². The molecule has 1 unspecified atom stereocenters. The van der Waals surface area contributed by atoms with Crippen molar-refractivity contribution in [1.29, 1.82) is 5.26 Å². The Bertz CT molecular complexity index is 1420. The van der Waals surface area contributed by atoms with Crippen LogP contribution >= 0.6 is 0 Å². The van der Waals surface area contributed by atoms with Crippen LogP contribution in [0.15, 0.2) is 53.4 Å². The normalized spacial score (nSPS) is 18.7. The van der Waals surface area contributed by atoms with Gasteiger partial charge in [0, 0.05) is 58.7 Å². The van der Waals surface area contributed by atoms with Gasteiger partial charge in [-0.05, 0) is 56.6 Å². The van der Waals surface area contributed by atoms with Gasteiger partial charge in [0.1, 0.15) is 17.2 Å². The van der Waals surface area contributed by atoms with Crippen molar-refractivity contribution in [3.63, 3.8) is 0 Å². The molecule has 2 aromatic rings. The largest absolute Gasteiger partial charge is 0.444 e. The Hall–Kier alpha value is -3.50. The molecule has 0 spiro atoms. The van der Waals surface area contributed by atoms with E-state index >= 15 is 0 Å². The van der Waals surface area contributed by atoms with Gasteiger partial charge in [-0.1, -0.05) is 36.4 Å². The zero-order chi connectivity index (χ0) is 31.3. The van der Waals surface area contributed by atoms with Crippen molar-refractivity contribution in [1.82, 2.24) is 19.8 Å². The summed E-state index contributed by atoms with van der Waals surface area (Å²) in [6.45, 7) is 8.19. The van der Waals surface area contributed by atoms with Crippen LogP contribution in [0.4, 0.5) is 4.79 Å². The molecule has 12 heteroatoms. The number of amides is 2. The Morgan fingerprint density at radius 1 is 1.00 bits per heavy atom. The molecule has 0 aliphatic carbocycles. The molecule has 0 radical (unpaired) electrons. The monoisotopic (exact) mass is 611 g/mol. The van der Waals surface area contributed by atoms with E-state index in [4.69, 9.17) is 9.47 Å². The van der Waals surface area contributed by atoms with Gasteiger partial charge in [0.15, 0.2) is 0 Å². The lowest BCUT2D eigenvalue weighted by Gasteiger charge is -2.37. The van der Waals surface area contributed by atoms with E-state index in [-0.39, 0.29) is 24.2 Å². The van der Waals surface area contributed by atoms with Crippen LogP contribution in [0.1, 0.15) is 39.2 Å². The third kappa shape index (κ3) is 8.32. The summed E-state index contributed by atoms with van der Waals surface area (Å²) in [6, 6.07) is 15.8. The number of carbonyl (C=O) groups excluding carboxylic acids is 2. The molecular weight excluding hydrogens is 570 g/mol. The van der Waals surface area contributed by atoms with Gasteiger partial charge < -0.3 is 25.0 Å². The zero-order valence-corrected chi connectivity index (χ0v) is 26.1. The van der Waals surface area contributed by atoms with Gasteiger partial charge in [0.2, 0.25) is 15.9 Å². The number of rotatable bonds is 8. The molecule has 2 aliphatic heterocycles. The molecular formula is C31H41N5O6S. The number of alkyl carbamates (subject to hydrolysis) is 1. The third-order valence-corrected chi connectivity index (χ3v) is 9.58. The SMILES string of the molecule is CN1CCN(S(=O)(=O)c2ccc(-c3ccc(CC(C#N)NC(=O)C4(NC(=O)OC(C)(C)C)CCOCC4)cc3)cc2)CC1. The van der Waals surface area contributed by atoms with Crippen LogP contribution in [0.2, 0.25) is 0 Å². The molecule has 232 valence electrons. The van der Waals surface area contributed by atoms with Gasteiger partial charge in [0.05, 0.1) is 11.0 Å². The fourth-order valence-corrected chi connectivity index (χ4v) is 6.54. The molecule has 0 aromatic heterocycles. The molecule has 2 aromatic carbocycles. The van der Waals surface area contributed by atoms with Crippen LogP contribution in [-0.2, 0) is 30.7 Å². The van der Waals surface area contributed by atoms with Crippen molar-refractivity contribution >= 4 is 22.0 Å². The summed E-state index contributed by atoms with van der Waals surface area (Å²) >= 11 is 0. The van der Waals surface area contributed by atoms with Crippen molar-refractivity contribution in [3.05, 3.63) is 54.1 Å². The van der Waals surface area contributed by atoms with Crippen LogP contribution in [0.3, 0.4) is 0 Å². The van der Waals surface area contributed by atoms with Crippen LogP contribution in [0, 0.1) is 11.3 Å². The standard InChI is InChI=1S/C31H41N5O6S/c1-30(2,3)42-29(38)34-31(13-19-41-20-14-31)28(37)33-26(22-32)21-23-5-7-24(8-6-23)25-9-11-27(12-10-25)43(39,40)36-17-15-35(4)16-18-36/h5-12,26H,13-21H2,1-4H3,(H,33,37)(H,34,38). The summed E-state index contributed by atoms with van der Waals surface area (Å²) in [5, 5.41) is 15.4. The fraction of sp³-hybridized carbons (Fsp3) is 0.516. The number of ether oxygens (including phenoxy) is 2. The second-order valence-electron chi connectivity index (χ2n) is 12.1. The molecule has 2 amide bonds. The molecule has 4 rings (SSSR count). The van der Waals surface area contributed by atoms with E-state index in [1.54, 1.807) is 45.0 Å². The van der Waals surface area contributed by atoms with Gasteiger partial charge in [-0.3, -0.25) is 4.79 Å². The smallest absolute Gasteiger partial charge is 0.408 e. The van der Waals surface area contributed by atoms with Gasteiger partial charge in [-0.2, -0.15) is 9.57 Å². The number of hydrogen-bond acceptors (Lipinski definition) is 8. The maximum Gasteiger partial charge on any atom is 0.408 e. The predicted octanol–water partition coefficient (Wildman–Crippen LogP) is 2.91. The second kappa shape index (κ2) is 13.4. The first kappa shape index (κ1) is 32.4. The molecule has 2 N–H and O–H groups in total. The highest BCUT2D eigenvalue weighted by Crippen LogP contribution is 2.25. The zero-order valence-electron chi connectivity index (χ0n) is 25.3. The van der Waals surface area contributed by atoms with Gasteiger partial charge in [0.25, 0.3) is 0 Å². The molecule has 2 saturated heterocycles. The van der Waals surface area contributed by atoms with Crippen LogP contribution in [0.5, 0.6) is 0 Å². The summed E-state index contributed by atoms with van der Waals surface area (Å²) < 4.78 is 38.4. The highest BCUT2D eigenvalue weighted by molar-refractivity contribution is 7.89. The first-order chi connectivity index (χ1) is 20.3. The number of hydrogen-bond donors (Lipinski definition) is 2. The Balaban J connectivity index is 1.39. The molecule has 2 heterocycles. The summed E-state index contributed by atoms with van der Waals surface area (Å²) in [5.74, 6) is -0.448. The molecule has 43 heavy (non-hydrogen) atoms. The lowest BCUT2D eigenvalue weighted by molar-refractivity contribution is -0.132. The topological polar surface area (TPSA) is 141 Å². The number of benzene rings is 2. The van der Waals surface area contributed by atoms with Crippen molar-refractivity contribution in [2.45, 2.75) is 62.1 Å².